The number of aliphatic hydroxyl groups is 4. The van der Waals surface area contributed by atoms with Crippen LogP contribution in [0.1, 0.15) is 58.3 Å². The van der Waals surface area contributed by atoms with E-state index in [0.717, 1.165) is 19.4 Å². The first-order valence-electron chi connectivity index (χ1n) is 8.70. The summed E-state index contributed by atoms with van der Waals surface area (Å²) in [5, 5.41) is 41.8. The third-order valence-electron chi connectivity index (χ3n) is 4.41. The molecule has 0 aromatic heterocycles. The van der Waals surface area contributed by atoms with Gasteiger partial charge in [0.2, 0.25) is 0 Å². The fourth-order valence-electron chi connectivity index (χ4n) is 2.90. The Bertz CT molecular complexity index is 322. The average Bonchev–Trinajstić information content (AvgIpc) is 2.53. The lowest BCUT2D eigenvalue weighted by atomic mass is 9.88. The van der Waals surface area contributed by atoms with Gasteiger partial charge in [-0.15, -0.1) is 0 Å². The van der Waals surface area contributed by atoms with Crippen LogP contribution in [0.4, 0.5) is 0 Å². The Kier molecular flexibility index (Phi) is 9.91. The molecule has 1 rings (SSSR count). The van der Waals surface area contributed by atoms with Crippen molar-refractivity contribution in [2.75, 3.05) is 13.2 Å². The summed E-state index contributed by atoms with van der Waals surface area (Å²) < 4.78 is 0. The van der Waals surface area contributed by atoms with Crippen LogP contribution in [-0.4, -0.2) is 57.9 Å². The second kappa shape index (κ2) is 11.1. The van der Waals surface area contributed by atoms with Gasteiger partial charge in [-0.25, -0.2) is 0 Å². The molecular formula is C17H33NO4. The van der Waals surface area contributed by atoms with Crippen LogP contribution in [0.25, 0.3) is 0 Å². The van der Waals surface area contributed by atoms with Gasteiger partial charge in [0.05, 0.1) is 12.6 Å². The van der Waals surface area contributed by atoms with Gasteiger partial charge in [0, 0.05) is 0 Å². The van der Waals surface area contributed by atoms with E-state index in [1.807, 2.05) is 0 Å². The summed E-state index contributed by atoms with van der Waals surface area (Å²) >= 11 is 0. The summed E-state index contributed by atoms with van der Waals surface area (Å²) in [5.74, 6) is 0. The summed E-state index contributed by atoms with van der Waals surface area (Å²) in [5.41, 5.74) is 0.367. The zero-order valence-electron chi connectivity index (χ0n) is 13.7. The normalized spacial score (nSPS) is 28.7. The standard InChI is InChI=1S/C17H33NO4/c1-2-3-4-5-6-7-8-9-10-18-14-11-13(12-19)15(20)17(22)16(14)21/h11,14-22H,2-10,12H2,1H3/t14-,15-,16?,17+/m1/s1. The molecule has 0 amide bonds. The highest BCUT2D eigenvalue weighted by atomic mass is 16.4. The van der Waals surface area contributed by atoms with Gasteiger partial charge in [-0.05, 0) is 18.5 Å². The largest absolute Gasteiger partial charge is 0.392 e. The van der Waals surface area contributed by atoms with Crippen molar-refractivity contribution in [3.05, 3.63) is 11.6 Å². The first-order valence-corrected chi connectivity index (χ1v) is 8.70. The van der Waals surface area contributed by atoms with Crippen LogP contribution in [0.2, 0.25) is 0 Å². The van der Waals surface area contributed by atoms with Crippen molar-refractivity contribution < 1.29 is 20.4 Å². The van der Waals surface area contributed by atoms with Crippen molar-refractivity contribution in [3.63, 3.8) is 0 Å². The van der Waals surface area contributed by atoms with E-state index in [0.29, 0.717) is 5.57 Å². The molecule has 22 heavy (non-hydrogen) atoms. The second-order valence-electron chi connectivity index (χ2n) is 6.28. The fourth-order valence-corrected chi connectivity index (χ4v) is 2.90. The lowest BCUT2D eigenvalue weighted by Crippen LogP contribution is -2.54. The van der Waals surface area contributed by atoms with Gasteiger partial charge >= 0.3 is 0 Å². The Hall–Kier alpha value is -0.460. The van der Waals surface area contributed by atoms with Gasteiger partial charge < -0.3 is 25.7 Å². The van der Waals surface area contributed by atoms with Gasteiger partial charge in [-0.2, -0.15) is 0 Å². The Balaban J connectivity index is 2.17. The molecule has 0 heterocycles. The topological polar surface area (TPSA) is 93.0 Å². The van der Waals surface area contributed by atoms with E-state index >= 15 is 0 Å². The molecule has 5 nitrogen and oxygen atoms in total. The molecule has 5 N–H and O–H groups in total. The first kappa shape index (κ1) is 19.6. The van der Waals surface area contributed by atoms with Crippen LogP contribution in [0.5, 0.6) is 0 Å². The van der Waals surface area contributed by atoms with Crippen molar-refractivity contribution >= 4 is 0 Å². The predicted octanol–water partition coefficient (Wildman–Crippen LogP) is 1.10. The van der Waals surface area contributed by atoms with Gasteiger partial charge in [0.1, 0.15) is 18.3 Å². The van der Waals surface area contributed by atoms with E-state index in [9.17, 15) is 15.3 Å². The number of hydrogen-bond donors (Lipinski definition) is 5. The molecule has 0 saturated carbocycles. The molecule has 130 valence electrons. The molecule has 0 aromatic carbocycles. The fraction of sp³-hybridized carbons (Fsp3) is 0.882. The summed E-state index contributed by atoms with van der Waals surface area (Å²) in [4.78, 5) is 0. The quantitative estimate of drug-likeness (QED) is 0.291. The van der Waals surface area contributed by atoms with Crippen LogP contribution in [0.15, 0.2) is 11.6 Å². The molecule has 4 atom stereocenters. The minimum Gasteiger partial charge on any atom is -0.392 e. The highest BCUT2D eigenvalue weighted by molar-refractivity contribution is 5.21. The van der Waals surface area contributed by atoms with E-state index in [1.165, 1.54) is 38.5 Å². The summed E-state index contributed by atoms with van der Waals surface area (Å²) in [6.07, 6.45) is 8.11. The number of hydrogen-bond acceptors (Lipinski definition) is 5. The van der Waals surface area contributed by atoms with Crippen LogP contribution >= 0.6 is 0 Å². The van der Waals surface area contributed by atoms with Crippen molar-refractivity contribution in [1.29, 1.82) is 0 Å². The average molecular weight is 315 g/mol. The van der Waals surface area contributed by atoms with Crippen LogP contribution < -0.4 is 5.32 Å². The van der Waals surface area contributed by atoms with Crippen molar-refractivity contribution in [1.82, 2.24) is 5.32 Å². The van der Waals surface area contributed by atoms with Gasteiger partial charge in [0.25, 0.3) is 0 Å². The van der Waals surface area contributed by atoms with Crippen molar-refractivity contribution in [3.8, 4) is 0 Å². The first-order chi connectivity index (χ1) is 10.6. The van der Waals surface area contributed by atoms with Gasteiger partial charge in [-0.1, -0.05) is 57.9 Å². The SMILES string of the molecule is CCCCCCCCCCN[C@@H]1C=C(CO)[C@@H](O)[C@H](O)C1O. The van der Waals surface area contributed by atoms with Crippen LogP contribution in [0.3, 0.4) is 0 Å². The molecule has 0 aliphatic heterocycles. The second-order valence-corrected chi connectivity index (χ2v) is 6.28. The number of rotatable bonds is 11. The Morgan fingerprint density at radius 1 is 0.909 bits per heavy atom. The van der Waals surface area contributed by atoms with Crippen LogP contribution in [0, 0.1) is 0 Å². The number of unbranched alkanes of at least 4 members (excludes halogenated alkanes) is 7. The summed E-state index contributed by atoms with van der Waals surface area (Å²) in [6, 6.07) is -0.412. The molecule has 0 aromatic rings. The molecule has 0 spiro atoms. The molecule has 1 unspecified atom stereocenters. The molecule has 0 radical (unpaired) electrons. The van der Waals surface area contributed by atoms with Gasteiger partial charge in [-0.3, -0.25) is 0 Å². The van der Waals surface area contributed by atoms with Crippen molar-refractivity contribution in [2.45, 2.75) is 82.6 Å². The minimum absolute atomic E-state index is 0.305. The number of aliphatic hydroxyl groups excluding tert-OH is 4. The van der Waals surface area contributed by atoms with E-state index < -0.39 is 24.4 Å². The maximum Gasteiger partial charge on any atom is 0.111 e. The predicted molar refractivity (Wildman–Crippen MR) is 87.6 cm³/mol. The Morgan fingerprint density at radius 2 is 1.50 bits per heavy atom. The molecule has 0 bridgehead atoms. The van der Waals surface area contributed by atoms with E-state index in [-0.39, 0.29) is 6.61 Å². The minimum atomic E-state index is -1.25. The molecule has 1 aliphatic carbocycles. The number of nitrogens with one attached hydrogen (secondary N) is 1. The molecule has 0 fully saturated rings. The van der Waals surface area contributed by atoms with Gasteiger partial charge in [0.15, 0.2) is 0 Å². The Morgan fingerprint density at radius 3 is 2.09 bits per heavy atom. The Labute approximate surface area is 134 Å². The van der Waals surface area contributed by atoms with E-state index in [1.54, 1.807) is 6.08 Å². The third kappa shape index (κ3) is 6.34. The zero-order valence-corrected chi connectivity index (χ0v) is 13.7. The lowest BCUT2D eigenvalue weighted by Gasteiger charge is -2.34. The maximum absolute atomic E-state index is 9.95. The lowest BCUT2D eigenvalue weighted by molar-refractivity contribution is -0.0641. The molecule has 0 saturated heterocycles. The zero-order chi connectivity index (χ0) is 16.4. The highest BCUT2D eigenvalue weighted by Crippen LogP contribution is 2.20. The summed E-state index contributed by atoms with van der Waals surface area (Å²) in [7, 11) is 0. The van der Waals surface area contributed by atoms with E-state index in [4.69, 9.17) is 5.11 Å². The van der Waals surface area contributed by atoms with E-state index in [2.05, 4.69) is 12.2 Å². The van der Waals surface area contributed by atoms with Crippen LogP contribution in [-0.2, 0) is 0 Å². The third-order valence-corrected chi connectivity index (χ3v) is 4.41. The molecule has 1 aliphatic rings. The monoisotopic (exact) mass is 315 g/mol. The highest BCUT2D eigenvalue weighted by Gasteiger charge is 2.36. The molecular weight excluding hydrogens is 282 g/mol. The smallest absolute Gasteiger partial charge is 0.111 e. The maximum atomic E-state index is 9.95. The summed E-state index contributed by atoms with van der Waals surface area (Å²) in [6.45, 7) is 2.67. The molecule has 5 heteroatoms. The van der Waals surface area contributed by atoms with Crippen molar-refractivity contribution in [2.24, 2.45) is 0 Å².